The second-order valence-electron chi connectivity index (χ2n) is 32.3. The van der Waals surface area contributed by atoms with Crippen LogP contribution >= 0.6 is 23.2 Å². The average molecular weight is 1590 g/mol. The fourth-order valence-electron chi connectivity index (χ4n) is 17.1. The molecule has 5 atom stereocenters. The molecule has 22 heteroatoms. The van der Waals surface area contributed by atoms with Crippen LogP contribution in [0.4, 0.5) is 36.3 Å². The molecule has 7 aliphatic rings. The van der Waals surface area contributed by atoms with E-state index in [9.17, 15) is 42.3 Å². The van der Waals surface area contributed by atoms with Gasteiger partial charge in [0.05, 0.1) is 33.1 Å². The molecule has 2 amide bonds. The predicted molar refractivity (Wildman–Crippen MR) is 445 cm³/mol. The number of nitrogens with two attached hydrogens (primary N) is 1. The van der Waals surface area contributed by atoms with Crippen LogP contribution in [0.1, 0.15) is 222 Å². The first-order chi connectivity index (χ1) is 53.6. The Morgan fingerprint density at radius 1 is 0.604 bits per heavy atom. The standard InChI is InChI=1S/C47H62ClFN4O7S.C41H53ClN4O.CH4.F2/c1-46(2)34-17-7-9-19-37(34)52(26-11-5-6-21-41(55)51-50-36-29-33(30-54)44(56)45(57)43(36)49)39(46)24-22-31-15-14-16-32(42(31)48)23-25-40-47(3,4)35-18-8-10-20-38(35)53(40)27-12-13-28-61(58,59)60;1-6-7-14-28-45-34-21-12-10-19-32(34)40(2,3)36(45)26-24-30-17-16-18-31(39(30)42)25-27-37-41(4,5)33-20-11-13-22-35(33)46(37)29-15-8-9-23-38(47)44-43;;1-2/h7-10,17-20,22-25,33,36,43-45,50,54,56-57H,5-6,11-16,21,26-30H2,1-4H3,(H-,51,55,58,59,60);10-13,19-22,24-27H,6-9,14-18,23,28-29,43H2,1-5H3;1H4;/p+1/t33?,36-,43?,44-,45-;;;/m1.../s1/i49-1;;1D;1-1. The molecule has 2 unspecified atom stereocenters. The molecule has 0 aromatic heterocycles. The molecule has 0 saturated heterocycles. The third-order valence-electron chi connectivity index (χ3n) is 23.4. The van der Waals surface area contributed by atoms with Crippen LogP contribution in [0.3, 0.4) is 0 Å². The molecular formula is C89H120Cl2F3N8O8S+. The van der Waals surface area contributed by atoms with Gasteiger partial charge < -0.3 is 29.7 Å². The number of unbranched alkanes of at least 4 members (excludes halogenated alkanes) is 7. The molecular weight excluding hydrogens is 1470 g/mol. The van der Waals surface area contributed by atoms with Gasteiger partial charge in [-0.05, 0) is 175 Å². The molecule has 1 fully saturated rings. The van der Waals surface area contributed by atoms with E-state index in [0.29, 0.717) is 32.2 Å². The number of alkyl halides is 1. The Morgan fingerprint density at radius 2 is 1.04 bits per heavy atom. The number of anilines is 2. The minimum Gasteiger partial charge on any atom is -0.748 e. The molecule has 3 aliphatic carbocycles. The molecule has 8 N–H and O–H groups in total. The number of nitrogens with one attached hydrogen (secondary N) is 3. The maximum atomic E-state index is 14.6. The van der Waals surface area contributed by atoms with Crippen molar-refractivity contribution in [1.29, 1.82) is 0 Å². The predicted octanol–water partition coefficient (Wildman–Crippen LogP) is 18.0. The van der Waals surface area contributed by atoms with Crippen molar-refractivity contribution in [3.8, 4) is 0 Å². The highest BCUT2D eigenvalue weighted by atomic mass is 35.5. The molecule has 16 nitrogen and oxygen atoms in total. The van der Waals surface area contributed by atoms with Crippen LogP contribution < -0.4 is 31.9 Å². The topological polar surface area (TPSA) is 227 Å². The summed E-state index contributed by atoms with van der Waals surface area (Å²) in [7, 11) is -3.01. The number of allylic oxidation sites excluding steroid dienone is 16. The maximum absolute atomic E-state index is 14.6. The van der Waals surface area contributed by atoms with Crippen molar-refractivity contribution in [3.05, 3.63) is 212 Å². The summed E-state index contributed by atoms with van der Waals surface area (Å²) < 4.78 is 75.1. The summed E-state index contributed by atoms with van der Waals surface area (Å²) in [4.78, 5) is 28.9. The van der Waals surface area contributed by atoms with Gasteiger partial charge in [-0.3, -0.25) is 20.4 Å². The number of nitrogens with zero attached hydrogens (tertiary/aromatic N) is 4. The zero-order valence-electron chi connectivity index (χ0n) is 67.7. The Labute approximate surface area is 669 Å². The summed E-state index contributed by atoms with van der Waals surface area (Å²) in [5, 5.41) is 31.2. The smallest absolute Gasteiger partial charge is 0.234 e. The van der Waals surface area contributed by atoms with E-state index < -0.39 is 47.1 Å². The summed E-state index contributed by atoms with van der Waals surface area (Å²) in [5.41, 5.74) is 26.2. The third-order valence-corrected chi connectivity index (χ3v) is 25.1. The lowest BCUT2D eigenvalue weighted by Gasteiger charge is -2.38. The van der Waals surface area contributed by atoms with Crippen molar-refractivity contribution in [3.63, 3.8) is 0 Å². The van der Waals surface area contributed by atoms with Crippen molar-refractivity contribution in [2.45, 2.75) is 244 Å². The number of hydrazine groups is 2. The number of carbonyl (C=O) groups excluding carboxylic acids is 2. The van der Waals surface area contributed by atoms with Gasteiger partial charge in [-0.25, -0.2) is 24.1 Å². The normalized spacial score (nSPS) is 23.0. The first-order valence-corrected chi connectivity index (χ1v) is 41.8. The molecule has 4 heterocycles. The van der Waals surface area contributed by atoms with Gasteiger partial charge in [-0.1, -0.05) is 175 Å². The van der Waals surface area contributed by atoms with Crippen LogP contribution in [0.2, 0.25) is 0 Å². The van der Waals surface area contributed by atoms with Gasteiger partial charge >= 0.3 is 0 Å². The van der Waals surface area contributed by atoms with E-state index in [2.05, 4.69) is 231 Å². The summed E-state index contributed by atoms with van der Waals surface area (Å²) >= 11 is 14.4. The molecule has 111 heavy (non-hydrogen) atoms. The highest BCUT2D eigenvalue weighted by Crippen LogP contribution is 2.51. The van der Waals surface area contributed by atoms with Crippen molar-refractivity contribution in [1.82, 2.24) is 16.3 Å². The molecule has 0 spiro atoms. The minimum absolute atomic E-state index is 0.0621. The Morgan fingerprint density at radius 3 is 1.50 bits per heavy atom. The Balaban J connectivity index is 0.000000277. The van der Waals surface area contributed by atoms with Gasteiger partial charge in [-0.2, -0.15) is 9.15 Å². The first-order valence-electron chi connectivity index (χ1n) is 40.5. The van der Waals surface area contributed by atoms with E-state index in [4.69, 9.17) is 39.6 Å². The van der Waals surface area contributed by atoms with E-state index in [1.807, 2.05) is 12.1 Å². The second kappa shape index (κ2) is 40.2. The lowest BCUT2D eigenvalue weighted by Crippen LogP contribution is -2.60. The Hall–Kier alpha value is -7.24. The van der Waals surface area contributed by atoms with E-state index >= 15 is 0 Å². The molecule has 4 aliphatic heterocycles. The van der Waals surface area contributed by atoms with Crippen molar-refractivity contribution >= 4 is 79.3 Å². The number of hydrogen-bond acceptors (Lipinski definition) is 12. The molecule has 1 saturated carbocycles. The fourth-order valence-corrected chi connectivity index (χ4v) is 18.3. The van der Waals surface area contributed by atoms with Gasteiger partial charge in [0.25, 0.3) is 0 Å². The summed E-state index contributed by atoms with van der Waals surface area (Å²) in [6, 6.07) is 33.4. The number of para-hydroxylation sites is 4. The monoisotopic (exact) mass is 1590 g/mol. The second-order valence-corrected chi connectivity index (χ2v) is 34.5. The van der Waals surface area contributed by atoms with Gasteiger partial charge in [-0.15, -0.1) is 0 Å². The van der Waals surface area contributed by atoms with Crippen LogP contribution in [0, 0.1) is 5.92 Å². The number of benzene rings is 4. The number of amides is 2. The summed E-state index contributed by atoms with van der Waals surface area (Å²) in [5.74, 6) is 3.81. The van der Waals surface area contributed by atoms with E-state index in [1.165, 1.54) is 88.6 Å². The van der Waals surface area contributed by atoms with Crippen LogP contribution in [0.5, 0.6) is 0 Å². The van der Waals surface area contributed by atoms with Crippen molar-refractivity contribution < 1.29 is 61.9 Å². The fraction of sp³-hybridized carbons (Fsp3) is 0.506. The van der Waals surface area contributed by atoms with Crippen molar-refractivity contribution in [2.75, 3.05) is 48.3 Å². The molecule has 0 radical (unpaired) electrons. The number of aliphatic hydroxyl groups excluding tert-OH is 3. The highest BCUT2D eigenvalue weighted by Gasteiger charge is 2.47. The van der Waals surface area contributed by atoms with Crippen LogP contribution in [-0.4, -0.2) is 124 Å². The van der Waals surface area contributed by atoms with E-state index in [-0.39, 0.29) is 52.1 Å². The van der Waals surface area contributed by atoms with Gasteiger partial charge in [0, 0.05) is 147 Å². The summed E-state index contributed by atoms with van der Waals surface area (Å²) in [6.07, 6.45) is 29.2. The number of halogens is 5. The highest BCUT2D eigenvalue weighted by molar-refractivity contribution is 7.85. The van der Waals surface area contributed by atoms with Crippen LogP contribution in [0.15, 0.2) is 189 Å². The molecule has 4 aromatic rings. The molecule has 604 valence electrons. The molecule has 11 rings (SSSR count). The van der Waals surface area contributed by atoms with Crippen LogP contribution in [-0.2, 0) is 41.4 Å². The molecule has 4 aromatic carbocycles. The number of carbonyl (C=O) groups is 2. The van der Waals surface area contributed by atoms with Gasteiger partial charge in [0.2, 0.25) is 23.2 Å². The zero-order chi connectivity index (χ0) is 81.7. The minimum atomic E-state index is -4.26. The Bertz CT molecular complexity index is 4390. The number of rotatable bonds is 30. The zero-order valence-corrected chi connectivity index (χ0v) is 69.0. The largest absolute Gasteiger partial charge is 0.748 e. The van der Waals surface area contributed by atoms with Crippen molar-refractivity contribution in [2.24, 2.45) is 11.8 Å². The number of fused-ring (bicyclic) bond motifs is 4. The first kappa shape index (κ1) is 87.7. The van der Waals surface area contributed by atoms with E-state index in [0.717, 1.165) is 129 Å². The number of aliphatic hydroxyl groups is 3. The molecule has 0 bridgehead atoms. The van der Waals surface area contributed by atoms with E-state index in [1.54, 1.807) is 0 Å². The lowest BCUT2D eigenvalue weighted by atomic mass is 9.80. The van der Waals surface area contributed by atoms with Crippen LogP contribution in [0.25, 0.3) is 0 Å². The van der Waals surface area contributed by atoms with Gasteiger partial charge in [0.15, 0.2) is 11.4 Å². The lowest BCUT2D eigenvalue weighted by molar-refractivity contribution is -0.438. The maximum Gasteiger partial charge on any atom is 0.234 e. The third kappa shape index (κ3) is 21.0. The SMILES string of the molecule is CC1(C)C(=CC=C2CCCC(C=CC3=[N+](CCCCCC(=O)NN[C@@H]4CC(CO)[C@@H](O)[C@H](O)C4[18F])c4ccccc4C3(C)C)=C2Cl)N(CCCCS(=O)(=O)[O-])c2ccccc21.CCCCC[N+]1=C(/C=C/C2=C(Cl)C(=C/C=C3/N(CCCCCC(=O)NN)c4ccccc4C3(C)C)/CCC2)C(C)(C)c2ccccc21.F[18F].[2H]C. The number of hydrogen-bond donors (Lipinski definition) is 7. The summed E-state index contributed by atoms with van der Waals surface area (Å²) in [6.45, 7) is 23.4. The quantitative estimate of drug-likeness (QED) is 0.00646. The Kier molecular flexibility index (Phi) is 31.7. The average Bonchev–Trinajstić information content (AvgIpc) is 1.61. The van der Waals surface area contributed by atoms with Gasteiger partial charge in [0.1, 0.15) is 25.4 Å².